The zero-order chi connectivity index (χ0) is 21.4. The average Bonchev–Trinajstić information content (AvgIpc) is 3.48. The summed E-state index contributed by atoms with van der Waals surface area (Å²) < 4.78 is 17.1. The second kappa shape index (κ2) is 8.23. The summed E-state index contributed by atoms with van der Waals surface area (Å²) in [4.78, 5) is 25.4. The van der Waals surface area contributed by atoms with E-state index in [2.05, 4.69) is 15.5 Å². The molecule has 160 valence electrons. The van der Waals surface area contributed by atoms with Crippen LogP contribution in [0.2, 0.25) is 0 Å². The number of nitrogens with two attached hydrogens (primary N) is 1. The van der Waals surface area contributed by atoms with Crippen LogP contribution in [0.5, 0.6) is 11.5 Å². The molecule has 0 radical (unpaired) electrons. The Morgan fingerprint density at radius 1 is 1.23 bits per heavy atom. The fourth-order valence-corrected chi connectivity index (χ4v) is 5.47. The molecule has 1 aromatic carbocycles. The molecule has 0 fully saturated rings. The number of para-hydroxylation sites is 2. The highest BCUT2D eigenvalue weighted by Gasteiger charge is 2.28. The topological polar surface area (TPSA) is 130 Å². The van der Waals surface area contributed by atoms with Crippen LogP contribution in [0, 0.1) is 0 Å². The normalized spacial score (nSPS) is 16.7. The van der Waals surface area contributed by atoms with Crippen molar-refractivity contribution in [1.29, 1.82) is 0 Å². The molecular weight excluding hydrogens is 440 g/mol. The first-order chi connectivity index (χ1) is 15.1. The Kier molecular flexibility index (Phi) is 5.28. The zero-order valence-electron chi connectivity index (χ0n) is 16.3. The third-order valence-electron chi connectivity index (χ3n) is 4.95. The highest BCUT2D eigenvalue weighted by Crippen LogP contribution is 2.39. The van der Waals surface area contributed by atoms with E-state index >= 15 is 0 Å². The minimum atomic E-state index is -0.516. The number of nitrogens with one attached hydrogen (secondary N) is 1. The van der Waals surface area contributed by atoms with Gasteiger partial charge >= 0.3 is 0 Å². The van der Waals surface area contributed by atoms with E-state index in [1.165, 1.54) is 11.3 Å². The number of aromatic nitrogens is 2. The summed E-state index contributed by atoms with van der Waals surface area (Å²) in [5.74, 6) is 0.812. The Hall–Kier alpha value is -3.05. The number of amides is 2. The second-order valence-electron chi connectivity index (χ2n) is 7.03. The second-order valence-corrected chi connectivity index (χ2v) is 9.06. The molecule has 0 saturated carbocycles. The Balaban J connectivity index is 1.20. The number of hydrogen-bond donors (Lipinski definition) is 2. The van der Waals surface area contributed by atoms with Crippen molar-refractivity contribution >= 4 is 39.9 Å². The first-order valence-corrected chi connectivity index (χ1v) is 11.5. The van der Waals surface area contributed by atoms with Gasteiger partial charge in [-0.05, 0) is 37.0 Å². The van der Waals surface area contributed by atoms with Crippen molar-refractivity contribution in [2.75, 3.05) is 17.7 Å². The van der Waals surface area contributed by atoms with Crippen molar-refractivity contribution in [3.63, 3.8) is 0 Å². The smallest absolute Gasteiger partial charge is 0.277 e. The highest BCUT2D eigenvalue weighted by atomic mass is 32.2. The van der Waals surface area contributed by atoms with Gasteiger partial charge in [0, 0.05) is 4.88 Å². The molecule has 3 heterocycles. The quantitative estimate of drug-likeness (QED) is 0.539. The summed E-state index contributed by atoms with van der Waals surface area (Å²) in [6.45, 7) is 0.253. The number of primary amides is 1. The van der Waals surface area contributed by atoms with Crippen molar-refractivity contribution in [2.24, 2.45) is 5.73 Å². The molecule has 2 aliphatic rings. The highest BCUT2D eigenvalue weighted by molar-refractivity contribution is 7.99. The van der Waals surface area contributed by atoms with Crippen molar-refractivity contribution in [1.82, 2.24) is 10.2 Å². The number of thioether (sulfide) groups is 1. The minimum absolute atomic E-state index is 0.0489. The number of carbonyl (C=O) groups is 2. The average molecular weight is 459 g/mol. The molecule has 1 aliphatic carbocycles. The number of benzene rings is 1. The Labute approximate surface area is 185 Å². The molecule has 11 heteroatoms. The molecule has 0 bridgehead atoms. The maximum atomic E-state index is 12.4. The number of hydrogen-bond acceptors (Lipinski definition) is 9. The van der Waals surface area contributed by atoms with Gasteiger partial charge in [-0.15, -0.1) is 21.5 Å². The maximum absolute atomic E-state index is 12.4. The van der Waals surface area contributed by atoms with Crippen LogP contribution in [0.3, 0.4) is 0 Å². The van der Waals surface area contributed by atoms with Gasteiger partial charge in [0.1, 0.15) is 11.6 Å². The van der Waals surface area contributed by atoms with Gasteiger partial charge in [0.25, 0.3) is 17.0 Å². The molecule has 0 unspecified atom stereocenters. The molecule has 1 aliphatic heterocycles. The fraction of sp³-hybridized carbons (Fsp3) is 0.300. The Bertz CT molecular complexity index is 1160. The molecule has 3 N–H and O–H groups in total. The summed E-state index contributed by atoms with van der Waals surface area (Å²) in [6.07, 6.45) is 2.22. The minimum Gasteiger partial charge on any atom is -0.485 e. The van der Waals surface area contributed by atoms with Crippen LogP contribution in [0.15, 0.2) is 33.9 Å². The van der Waals surface area contributed by atoms with Crippen LogP contribution in [-0.2, 0) is 17.6 Å². The molecule has 0 saturated heterocycles. The van der Waals surface area contributed by atoms with Gasteiger partial charge in [-0.25, -0.2) is 0 Å². The number of ether oxygens (including phenoxy) is 2. The first kappa shape index (κ1) is 19.9. The van der Waals surface area contributed by atoms with Gasteiger partial charge in [0.2, 0.25) is 12.0 Å². The van der Waals surface area contributed by atoms with Gasteiger partial charge in [-0.2, -0.15) is 0 Å². The third kappa shape index (κ3) is 3.98. The molecule has 0 spiro atoms. The molecule has 9 nitrogen and oxygen atoms in total. The molecule has 5 rings (SSSR count). The van der Waals surface area contributed by atoms with Crippen LogP contribution in [-0.4, -0.2) is 34.4 Å². The molecule has 3 aromatic rings. The van der Waals surface area contributed by atoms with Crippen molar-refractivity contribution in [3.05, 3.63) is 46.2 Å². The van der Waals surface area contributed by atoms with E-state index in [9.17, 15) is 9.59 Å². The van der Waals surface area contributed by atoms with E-state index in [1.807, 2.05) is 18.2 Å². The molecule has 1 atom stereocenters. The van der Waals surface area contributed by atoms with E-state index in [1.54, 1.807) is 6.07 Å². The van der Waals surface area contributed by atoms with E-state index in [-0.39, 0.29) is 29.4 Å². The van der Waals surface area contributed by atoms with Gasteiger partial charge in [0.15, 0.2) is 11.5 Å². The summed E-state index contributed by atoms with van der Waals surface area (Å²) in [5, 5.41) is 11.5. The maximum Gasteiger partial charge on any atom is 0.277 e. The van der Waals surface area contributed by atoms with Crippen LogP contribution < -0.4 is 20.5 Å². The van der Waals surface area contributed by atoms with E-state index < -0.39 is 12.0 Å². The lowest BCUT2D eigenvalue weighted by atomic mass is 10.1. The fourth-order valence-electron chi connectivity index (χ4n) is 3.59. The molecule has 2 amide bonds. The van der Waals surface area contributed by atoms with Gasteiger partial charge < -0.3 is 24.9 Å². The largest absolute Gasteiger partial charge is 0.485 e. The lowest BCUT2D eigenvalue weighted by Crippen LogP contribution is -2.21. The standard InChI is InChI=1S/C20H18N4O5S2/c21-17(26)16-10-4-3-7-14(10)31-19(16)22-15(25)9-30-20-24-23-18(29-20)13-8-27-11-5-1-2-6-12(11)28-13/h1-2,5-6,13H,3-4,7-9H2,(H2,21,26)(H,22,25)/t13-/m0/s1. The lowest BCUT2D eigenvalue weighted by Gasteiger charge is -2.23. The summed E-state index contributed by atoms with van der Waals surface area (Å²) in [6, 6.07) is 7.35. The van der Waals surface area contributed by atoms with Crippen molar-refractivity contribution < 1.29 is 23.5 Å². The zero-order valence-corrected chi connectivity index (χ0v) is 17.9. The van der Waals surface area contributed by atoms with E-state index in [0.29, 0.717) is 22.1 Å². The SMILES string of the molecule is NC(=O)c1c(NC(=O)CSc2nnc([C@@H]3COc4ccccc4O3)o2)sc2c1CCC2. The number of carbonyl (C=O) groups excluding carboxylic acids is 2. The number of fused-ring (bicyclic) bond motifs is 2. The van der Waals surface area contributed by atoms with Crippen LogP contribution in [0.1, 0.15) is 39.2 Å². The number of nitrogens with zero attached hydrogens (tertiary/aromatic N) is 2. The predicted molar refractivity (Wildman–Crippen MR) is 114 cm³/mol. The van der Waals surface area contributed by atoms with Crippen LogP contribution in [0.4, 0.5) is 5.00 Å². The molecule has 2 aromatic heterocycles. The summed E-state index contributed by atoms with van der Waals surface area (Å²) in [7, 11) is 0. The van der Waals surface area contributed by atoms with E-state index in [0.717, 1.165) is 41.5 Å². The van der Waals surface area contributed by atoms with E-state index in [4.69, 9.17) is 19.6 Å². The van der Waals surface area contributed by atoms with Gasteiger partial charge in [-0.1, -0.05) is 23.9 Å². The van der Waals surface area contributed by atoms with Gasteiger partial charge in [-0.3, -0.25) is 9.59 Å². The number of thiophene rings is 1. The lowest BCUT2D eigenvalue weighted by molar-refractivity contribution is -0.113. The van der Waals surface area contributed by atoms with Crippen LogP contribution in [0.25, 0.3) is 0 Å². The Morgan fingerprint density at radius 3 is 2.90 bits per heavy atom. The third-order valence-corrected chi connectivity index (χ3v) is 6.98. The van der Waals surface area contributed by atoms with Crippen molar-refractivity contribution in [2.45, 2.75) is 30.6 Å². The monoisotopic (exact) mass is 458 g/mol. The number of anilines is 1. The molecular formula is C20H18N4O5S2. The predicted octanol–water partition coefficient (Wildman–Crippen LogP) is 2.96. The summed E-state index contributed by atoms with van der Waals surface area (Å²) in [5.41, 5.74) is 6.94. The number of aryl methyl sites for hydroxylation is 1. The van der Waals surface area contributed by atoms with Crippen LogP contribution >= 0.6 is 23.1 Å². The van der Waals surface area contributed by atoms with Gasteiger partial charge in [0.05, 0.1) is 11.3 Å². The number of rotatable bonds is 6. The summed E-state index contributed by atoms with van der Waals surface area (Å²) >= 11 is 2.52. The molecule has 31 heavy (non-hydrogen) atoms. The Morgan fingerprint density at radius 2 is 2.06 bits per heavy atom. The first-order valence-electron chi connectivity index (χ1n) is 9.67. The van der Waals surface area contributed by atoms with Crippen molar-refractivity contribution in [3.8, 4) is 11.5 Å².